The van der Waals surface area contributed by atoms with E-state index in [4.69, 9.17) is 10.2 Å². The molecule has 1 aliphatic rings. The third-order valence-electron chi connectivity index (χ3n) is 3.30. The first kappa shape index (κ1) is 13.7. The number of nitrogens with two attached hydrogens (primary N) is 1. The van der Waals surface area contributed by atoms with E-state index in [1.54, 1.807) is 6.20 Å². The van der Waals surface area contributed by atoms with Gasteiger partial charge in [-0.3, -0.25) is 10.1 Å². The van der Waals surface area contributed by atoms with E-state index < -0.39 is 0 Å². The van der Waals surface area contributed by atoms with Gasteiger partial charge in [-0.1, -0.05) is 17.2 Å². The topological polar surface area (TPSA) is 125 Å². The van der Waals surface area contributed by atoms with Crippen molar-refractivity contribution >= 4 is 11.9 Å². The predicted molar refractivity (Wildman–Crippen MR) is 72.1 cm³/mol. The summed E-state index contributed by atoms with van der Waals surface area (Å²) in [5.41, 5.74) is 6.52. The van der Waals surface area contributed by atoms with Gasteiger partial charge in [0, 0.05) is 5.92 Å². The molecule has 0 bridgehead atoms. The Morgan fingerprint density at radius 2 is 2.33 bits per heavy atom. The Balaban J connectivity index is 1.56. The second kappa shape index (κ2) is 5.60. The summed E-state index contributed by atoms with van der Waals surface area (Å²) in [6.45, 7) is 1.98. The first-order valence-electron chi connectivity index (χ1n) is 6.94. The summed E-state index contributed by atoms with van der Waals surface area (Å²) in [5, 5.41) is 18.0. The van der Waals surface area contributed by atoms with Crippen LogP contribution in [-0.4, -0.2) is 31.1 Å². The molecule has 1 fully saturated rings. The minimum atomic E-state index is -0.303. The van der Waals surface area contributed by atoms with E-state index in [-0.39, 0.29) is 24.5 Å². The van der Waals surface area contributed by atoms with E-state index >= 15 is 0 Å². The van der Waals surface area contributed by atoms with E-state index in [1.807, 2.05) is 6.92 Å². The highest BCUT2D eigenvalue weighted by Gasteiger charge is 2.29. The van der Waals surface area contributed by atoms with Gasteiger partial charge in [-0.2, -0.15) is 0 Å². The number of amides is 1. The first-order chi connectivity index (χ1) is 10.2. The molecule has 1 unspecified atom stereocenters. The summed E-state index contributed by atoms with van der Waals surface area (Å²) in [7, 11) is 0. The van der Waals surface area contributed by atoms with Gasteiger partial charge < -0.3 is 10.2 Å². The monoisotopic (exact) mass is 291 g/mol. The number of aromatic nitrogens is 5. The molecule has 1 amide bonds. The van der Waals surface area contributed by atoms with Crippen LogP contribution in [0.3, 0.4) is 0 Å². The molecule has 0 saturated heterocycles. The molecule has 1 aliphatic carbocycles. The van der Waals surface area contributed by atoms with Crippen LogP contribution in [0, 0.1) is 0 Å². The van der Waals surface area contributed by atoms with Crippen LogP contribution in [0.4, 0.5) is 6.01 Å². The summed E-state index contributed by atoms with van der Waals surface area (Å²) in [6, 6.07) is -0.0497. The van der Waals surface area contributed by atoms with E-state index in [0.29, 0.717) is 17.5 Å². The average molecular weight is 291 g/mol. The van der Waals surface area contributed by atoms with Crippen LogP contribution >= 0.6 is 0 Å². The predicted octanol–water partition coefficient (Wildman–Crippen LogP) is 0.587. The molecule has 0 radical (unpaired) electrons. The Labute approximate surface area is 120 Å². The normalized spacial score (nSPS) is 15.9. The molecule has 3 N–H and O–H groups in total. The van der Waals surface area contributed by atoms with Gasteiger partial charge in [0.05, 0.1) is 17.9 Å². The van der Waals surface area contributed by atoms with Gasteiger partial charge in [0.2, 0.25) is 11.8 Å². The van der Waals surface area contributed by atoms with Crippen molar-refractivity contribution in [2.75, 3.05) is 5.32 Å². The number of hydrogen-bond donors (Lipinski definition) is 2. The zero-order chi connectivity index (χ0) is 14.8. The smallest absolute Gasteiger partial charge is 0.322 e. The van der Waals surface area contributed by atoms with Crippen molar-refractivity contribution in [1.29, 1.82) is 0 Å². The van der Waals surface area contributed by atoms with Crippen LogP contribution in [0.1, 0.15) is 49.7 Å². The molecule has 1 atom stereocenters. The molecule has 2 heterocycles. The quantitative estimate of drug-likeness (QED) is 0.797. The zero-order valence-corrected chi connectivity index (χ0v) is 11.7. The molecule has 9 heteroatoms. The van der Waals surface area contributed by atoms with Gasteiger partial charge in [0.15, 0.2) is 0 Å². The second-order valence-corrected chi connectivity index (χ2v) is 5.12. The van der Waals surface area contributed by atoms with Gasteiger partial charge in [0.25, 0.3) is 0 Å². The standard InChI is InChI=1S/C12H17N7O2/c1-2-8(13)9-5-19(18-15-9)6-10(20)14-12-17-16-11(21-12)7-3-4-7/h5,7-8H,2-4,6,13H2,1H3,(H,14,17,20). The lowest BCUT2D eigenvalue weighted by atomic mass is 10.2. The van der Waals surface area contributed by atoms with Crippen molar-refractivity contribution in [2.24, 2.45) is 5.73 Å². The van der Waals surface area contributed by atoms with E-state index in [2.05, 4.69) is 25.8 Å². The fourth-order valence-electron chi connectivity index (χ4n) is 1.86. The molecule has 9 nitrogen and oxygen atoms in total. The summed E-state index contributed by atoms with van der Waals surface area (Å²) in [4.78, 5) is 11.9. The van der Waals surface area contributed by atoms with Gasteiger partial charge in [-0.25, -0.2) is 4.68 Å². The van der Waals surface area contributed by atoms with Crippen LogP contribution < -0.4 is 11.1 Å². The number of carbonyl (C=O) groups excluding carboxylic acids is 1. The van der Waals surface area contributed by atoms with Gasteiger partial charge >= 0.3 is 6.01 Å². The minimum absolute atomic E-state index is 0.0184. The van der Waals surface area contributed by atoms with Crippen molar-refractivity contribution in [3.8, 4) is 0 Å². The average Bonchev–Trinajstić information content (AvgIpc) is 3.05. The molecule has 2 aromatic heterocycles. The summed E-state index contributed by atoms with van der Waals surface area (Å²) >= 11 is 0. The van der Waals surface area contributed by atoms with Crippen molar-refractivity contribution in [2.45, 2.75) is 44.7 Å². The van der Waals surface area contributed by atoms with E-state index in [1.165, 1.54) is 4.68 Å². The lowest BCUT2D eigenvalue weighted by Crippen LogP contribution is -2.19. The lowest BCUT2D eigenvalue weighted by Gasteiger charge is -2.02. The van der Waals surface area contributed by atoms with Crippen molar-refractivity contribution < 1.29 is 9.21 Å². The molecule has 112 valence electrons. The Morgan fingerprint density at radius 3 is 3.05 bits per heavy atom. The Bertz CT molecular complexity index is 631. The lowest BCUT2D eigenvalue weighted by molar-refractivity contribution is -0.117. The first-order valence-corrected chi connectivity index (χ1v) is 6.94. The third-order valence-corrected chi connectivity index (χ3v) is 3.30. The maximum Gasteiger partial charge on any atom is 0.322 e. The number of carbonyl (C=O) groups is 1. The van der Waals surface area contributed by atoms with Crippen molar-refractivity contribution in [3.05, 3.63) is 17.8 Å². The SMILES string of the molecule is CCC(N)c1cn(CC(=O)Nc2nnc(C3CC3)o2)nn1. The fourth-order valence-corrected chi connectivity index (χ4v) is 1.86. The highest BCUT2D eigenvalue weighted by molar-refractivity contribution is 5.88. The maximum absolute atomic E-state index is 11.9. The Morgan fingerprint density at radius 1 is 1.52 bits per heavy atom. The molecule has 1 saturated carbocycles. The molecule has 21 heavy (non-hydrogen) atoms. The number of rotatable bonds is 6. The molecule has 0 spiro atoms. The minimum Gasteiger partial charge on any atom is -0.408 e. The van der Waals surface area contributed by atoms with Crippen LogP contribution in [-0.2, 0) is 11.3 Å². The van der Waals surface area contributed by atoms with Crippen molar-refractivity contribution in [1.82, 2.24) is 25.2 Å². The number of nitrogens with one attached hydrogen (secondary N) is 1. The van der Waals surface area contributed by atoms with Crippen LogP contribution in [0.5, 0.6) is 0 Å². The van der Waals surface area contributed by atoms with Crippen LogP contribution in [0.15, 0.2) is 10.6 Å². The molecular weight excluding hydrogens is 274 g/mol. The summed E-state index contributed by atoms with van der Waals surface area (Å²) in [5.74, 6) is 0.640. The van der Waals surface area contributed by atoms with E-state index in [0.717, 1.165) is 19.3 Å². The zero-order valence-electron chi connectivity index (χ0n) is 11.7. The van der Waals surface area contributed by atoms with Gasteiger partial charge in [-0.15, -0.1) is 10.2 Å². The molecule has 0 aliphatic heterocycles. The summed E-state index contributed by atoms with van der Waals surface area (Å²) < 4.78 is 6.79. The number of nitrogens with zero attached hydrogens (tertiary/aromatic N) is 5. The maximum atomic E-state index is 11.9. The number of hydrogen-bond acceptors (Lipinski definition) is 7. The molecule has 3 rings (SSSR count). The summed E-state index contributed by atoms with van der Waals surface area (Å²) in [6.07, 6.45) is 4.55. The fraction of sp³-hybridized carbons (Fsp3) is 0.583. The number of anilines is 1. The highest BCUT2D eigenvalue weighted by atomic mass is 16.4. The molecule has 0 aromatic carbocycles. The highest BCUT2D eigenvalue weighted by Crippen LogP contribution is 2.39. The second-order valence-electron chi connectivity index (χ2n) is 5.12. The van der Waals surface area contributed by atoms with Gasteiger partial charge in [-0.05, 0) is 19.3 Å². The largest absolute Gasteiger partial charge is 0.408 e. The Kier molecular flexibility index (Phi) is 3.65. The van der Waals surface area contributed by atoms with Crippen LogP contribution in [0.2, 0.25) is 0 Å². The van der Waals surface area contributed by atoms with Gasteiger partial charge in [0.1, 0.15) is 6.54 Å². The van der Waals surface area contributed by atoms with Crippen LogP contribution in [0.25, 0.3) is 0 Å². The van der Waals surface area contributed by atoms with E-state index in [9.17, 15) is 4.79 Å². The molecule has 2 aromatic rings. The third kappa shape index (κ3) is 3.24. The Hall–Kier alpha value is -2.29. The molecular formula is C12H17N7O2. The van der Waals surface area contributed by atoms with Crippen molar-refractivity contribution in [3.63, 3.8) is 0 Å².